The van der Waals surface area contributed by atoms with Gasteiger partial charge in [-0.1, -0.05) is 13.8 Å². The Balaban J connectivity index is 1.86. The molecule has 2 aromatic rings. The number of rotatable bonds is 6. The Kier molecular flexibility index (Phi) is 4.84. The van der Waals surface area contributed by atoms with Gasteiger partial charge in [-0.2, -0.15) is 5.10 Å². The molecular formula is C15H19F2N3. The van der Waals surface area contributed by atoms with Crippen molar-refractivity contribution in [1.29, 1.82) is 0 Å². The lowest BCUT2D eigenvalue weighted by molar-refractivity contribution is 0.482. The summed E-state index contributed by atoms with van der Waals surface area (Å²) >= 11 is 0. The lowest BCUT2D eigenvalue weighted by atomic mass is 10.2. The van der Waals surface area contributed by atoms with E-state index in [4.69, 9.17) is 0 Å². The van der Waals surface area contributed by atoms with Gasteiger partial charge < -0.3 is 5.32 Å². The molecule has 0 atom stereocenters. The van der Waals surface area contributed by atoms with E-state index in [2.05, 4.69) is 24.3 Å². The second-order valence-electron chi connectivity index (χ2n) is 5.30. The number of halogens is 2. The molecule has 108 valence electrons. The Hall–Kier alpha value is -1.75. The van der Waals surface area contributed by atoms with Gasteiger partial charge >= 0.3 is 0 Å². The van der Waals surface area contributed by atoms with Gasteiger partial charge in [0.2, 0.25) is 0 Å². The van der Waals surface area contributed by atoms with Gasteiger partial charge in [0.25, 0.3) is 0 Å². The van der Waals surface area contributed by atoms with E-state index in [1.807, 2.05) is 10.9 Å². The predicted molar refractivity (Wildman–Crippen MR) is 74.0 cm³/mol. The van der Waals surface area contributed by atoms with Gasteiger partial charge in [0, 0.05) is 37.0 Å². The second kappa shape index (κ2) is 6.61. The van der Waals surface area contributed by atoms with E-state index in [0.717, 1.165) is 24.2 Å². The van der Waals surface area contributed by atoms with Crippen molar-refractivity contribution in [2.45, 2.75) is 33.5 Å². The van der Waals surface area contributed by atoms with Crippen molar-refractivity contribution >= 4 is 0 Å². The predicted octanol–water partition coefficient (Wildman–Crippen LogP) is 3.11. The van der Waals surface area contributed by atoms with Crippen LogP contribution in [0.25, 0.3) is 0 Å². The van der Waals surface area contributed by atoms with Gasteiger partial charge in [0.15, 0.2) is 0 Å². The van der Waals surface area contributed by atoms with Gasteiger partial charge in [-0.3, -0.25) is 4.68 Å². The summed E-state index contributed by atoms with van der Waals surface area (Å²) in [4.78, 5) is 0. The van der Waals surface area contributed by atoms with Crippen LogP contribution in [0.4, 0.5) is 8.78 Å². The number of aromatic nitrogens is 2. The molecule has 1 aromatic carbocycles. The van der Waals surface area contributed by atoms with Crippen molar-refractivity contribution in [3.8, 4) is 0 Å². The van der Waals surface area contributed by atoms with Crippen LogP contribution in [-0.4, -0.2) is 9.78 Å². The molecular weight excluding hydrogens is 260 g/mol. The molecule has 3 nitrogen and oxygen atoms in total. The summed E-state index contributed by atoms with van der Waals surface area (Å²) in [7, 11) is 0. The minimum Gasteiger partial charge on any atom is -0.308 e. The van der Waals surface area contributed by atoms with Crippen molar-refractivity contribution in [2.75, 3.05) is 0 Å². The average Bonchev–Trinajstić information content (AvgIpc) is 2.80. The molecule has 1 heterocycles. The molecule has 0 amide bonds. The molecule has 1 N–H and O–H groups in total. The van der Waals surface area contributed by atoms with Crippen LogP contribution in [-0.2, 0) is 19.6 Å². The van der Waals surface area contributed by atoms with Gasteiger partial charge in [-0.25, -0.2) is 8.78 Å². The fourth-order valence-corrected chi connectivity index (χ4v) is 1.99. The highest BCUT2D eigenvalue weighted by atomic mass is 19.1. The zero-order valence-corrected chi connectivity index (χ0v) is 11.7. The molecule has 0 fully saturated rings. The van der Waals surface area contributed by atoms with E-state index < -0.39 is 11.6 Å². The lowest BCUT2D eigenvalue weighted by Crippen LogP contribution is -2.13. The highest BCUT2D eigenvalue weighted by Gasteiger charge is 2.04. The summed E-state index contributed by atoms with van der Waals surface area (Å²) in [5.74, 6) is -0.278. The Morgan fingerprint density at radius 3 is 2.80 bits per heavy atom. The summed E-state index contributed by atoms with van der Waals surface area (Å²) in [5.41, 5.74) is 1.36. The van der Waals surface area contributed by atoms with Crippen LogP contribution in [0.1, 0.15) is 25.0 Å². The van der Waals surface area contributed by atoms with Crippen LogP contribution in [0.5, 0.6) is 0 Å². The molecule has 0 aliphatic heterocycles. The van der Waals surface area contributed by atoms with Crippen LogP contribution in [0.2, 0.25) is 0 Å². The second-order valence-corrected chi connectivity index (χ2v) is 5.30. The standard InChI is InChI=1S/C15H19F2N3/c1-11(2)9-20-10-12(7-19-20)6-18-8-13-5-14(16)3-4-15(13)17/h3-5,7,10-11,18H,6,8-9H2,1-2H3. The molecule has 0 spiro atoms. The number of nitrogens with one attached hydrogen (secondary N) is 1. The average molecular weight is 279 g/mol. The summed E-state index contributed by atoms with van der Waals surface area (Å²) in [6.45, 7) is 6.00. The van der Waals surface area contributed by atoms with Crippen molar-refractivity contribution in [3.63, 3.8) is 0 Å². The topological polar surface area (TPSA) is 29.9 Å². The monoisotopic (exact) mass is 279 g/mol. The Bertz CT molecular complexity index is 564. The molecule has 0 saturated carbocycles. The van der Waals surface area contributed by atoms with Gasteiger partial charge in [0.1, 0.15) is 11.6 Å². The van der Waals surface area contributed by atoms with Crippen LogP contribution >= 0.6 is 0 Å². The minimum atomic E-state index is -0.423. The molecule has 0 bridgehead atoms. The summed E-state index contributed by atoms with van der Waals surface area (Å²) in [6.07, 6.45) is 3.76. The zero-order valence-electron chi connectivity index (χ0n) is 11.7. The number of hydrogen-bond acceptors (Lipinski definition) is 2. The maximum atomic E-state index is 13.4. The number of benzene rings is 1. The fourth-order valence-electron chi connectivity index (χ4n) is 1.99. The van der Waals surface area contributed by atoms with Gasteiger partial charge in [0.05, 0.1) is 6.20 Å². The van der Waals surface area contributed by atoms with E-state index >= 15 is 0 Å². The lowest BCUT2D eigenvalue weighted by Gasteiger charge is -2.05. The van der Waals surface area contributed by atoms with Crippen LogP contribution in [0, 0.1) is 17.6 Å². The molecule has 0 aliphatic carbocycles. The van der Waals surface area contributed by atoms with E-state index in [1.54, 1.807) is 6.20 Å². The largest absolute Gasteiger partial charge is 0.308 e. The molecule has 1 aromatic heterocycles. The Morgan fingerprint density at radius 2 is 2.05 bits per heavy atom. The Labute approximate surface area is 117 Å². The third kappa shape index (κ3) is 4.13. The van der Waals surface area contributed by atoms with Crippen molar-refractivity contribution in [1.82, 2.24) is 15.1 Å². The molecule has 2 rings (SSSR count). The molecule has 0 aliphatic rings. The summed E-state index contributed by atoms with van der Waals surface area (Å²) < 4.78 is 28.3. The molecule has 0 saturated heterocycles. The van der Waals surface area contributed by atoms with Crippen molar-refractivity contribution in [2.24, 2.45) is 5.92 Å². The molecule has 20 heavy (non-hydrogen) atoms. The number of nitrogens with zero attached hydrogens (tertiary/aromatic N) is 2. The minimum absolute atomic E-state index is 0.291. The third-order valence-corrected chi connectivity index (χ3v) is 2.89. The first-order valence-corrected chi connectivity index (χ1v) is 6.70. The van der Waals surface area contributed by atoms with E-state index in [9.17, 15) is 8.78 Å². The normalized spacial score (nSPS) is 11.2. The Morgan fingerprint density at radius 1 is 1.25 bits per heavy atom. The van der Waals surface area contributed by atoms with E-state index in [-0.39, 0.29) is 0 Å². The molecule has 0 unspecified atom stereocenters. The quantitative estimate of drug-likeness (QED) is 0.880. The maximum absolute atomic E-state index is 13.4. The van der Waals surface area contributed by atoms with E-state index in [1.165, 1.54) is 6.07 Å². The van der Waals surface area contributed by atoms with Gasteiger partial charge in [-0.05, 0) is 24.1 Å². The highest BCUT2D eigenvalue weighted by Crippen LogP contribution is 2.09. The van der Waals surface area contributed by atoms with Crippen molar-refractivity contribution < 1.29 is 8.78 Å². The third-order valence-electron chi connectivity index (χ3n) is 2.89. The summed E-state index contributed by atoms with van der Waals surface area (Å²) in [5, 5.41) is 7.35. The zero-order chi connectivity index (χ0) is 14.5. The number of hydrogen-bond donors (Lipinski definition) is 1. The SMILES string of the molecule is CC(C)Cn1cc(CNCc2cc(F)ccc2F)cn1. The molecule has 5 heteroatoms. The van der Waals surface area contributed by atoms with Crippen molar-refractivity contribution in [3.05, 3.63) is 53.4 Å². The smallest absolute Gasteiger partial charge is 0.127 e. The first-order chi connectivity index (χ1) is 9.54. The van der Waals surface area contributed by atoms with E-state index in [0.29, 0.717) is 24.6 Å². The highest BCUT2D eigenvalue weighted by molar-refractivity contribution is 5.18. The molecule has 0 radical (unpaired) electrons. The van der Waals surface area contributed by atoms with Crippen LogP contribution in [0.3, 0.4) is 0 Å². The van der Waals surface area contributed by atoms with Gasteiger partial charge in [-0.15, -0.1) is 0 Å². The van der Waals surface area contributed by atoms with Crippen LogP contribution < -0.4 is 5.32 Å². The fraction of sp³-hybridized carbons (Fsp3) is 0.400. The first kappa shape index (κ1) is 14.7. The summed E-state index contributed by atoms with van der Waals surface area (Å²) in [6, 6.07) is 3.48. The van der Waals surface area contributed by atoms with Crippen LogP contribution in [0.15, 0.2) is 30.6 Å². The maximum Gasteiger partial charge on any atom is 0.127 e. The first-order valence-electron chi connectivity index (χ1n) is 6.70.